The van der Waals surface area contributed by atoms with Gasteiger partial charge in [0, 0.05) is 14.2 Å². The maximum atomic E-state index is 11.8. The molecule has 2 rings (SSSR count). The lowest BCUT2D eigenvalue weighted by Gasteiger charge is -2.20. The predicted octanol–water partition coefficient (Wildman–Crippen LogP) is 1.05. The van der Waals surface area contributed by atoms with Gasteiger partial charge in [-0.2, -0.15) is 0 Å². The molecule has 90 valence electrons. The van der Waals surface area contributed by atoms with Crippen LogP contribution in [0.3, 0.4) is 0 Å². The second kappa shape index (κ2) is 4.55. The fourth-order valence-corrected chi connectivity index (χ4v) is 1.84. The topological polar surface area (TPSA) is 49.9 Å². The van der Waals surface area contributed by atoms with Crippen molar-refractivity contribution in [1.29, 1.82) is 0 Å². The van der Waals surface area contributed by atoms with Gasteiger partial charge in [0.2, 0.25) is 6.23 Å². The Morgan fingerprint density at radius 2 is 1.88 bits per heavy atom. The average Bonchev–Trinajstić information content (AvgIpc) is 2.55. The van der Waals surface area contributed by atoms with Crippen molar-refractivity contribution in [3.8, 4) is 0 Å². The van der Waals surface area contributed by atoms with E-state index < -0.39 is 6.23 Å². The molecule has 0 radical (unpaired) electrons. The van der Waals surface area contributed by atoms with Crippen LogP contribution < -0.4 is 0 Å². The molecular formula is C12H14N2O3. The number of urea groups is 1. The standard InChI is InChI=1S/C12H14N2O3/c1-13-10(15)11(17-2)14(12(13)16)8-9-6-4-3-5-7-9/h3-7,11H,8H2,1-2H3. The zero-order valence-electron chi connectivity index (χ0n) is 9.79. The number of methoxy groups -OCH3 is 1. The van der Waals surface area contributed by atoms with E-state index >= 15 is 0 Å². The summed E-state index contributed by atoms with van der Waals surface area (Å²) in [6.07, 6.45) is -0.812. The molecule has 1 heterocycles. The molecule has 1 aliphatic rings. The van der Waals surface area contributed by atoms with E-state index in [2.05, 4.69) is 0 Å². The summed E-state index contributed by atoms with van der Waals surface area (Å²) in [6.45, 7) is 0.369. The minimum absolute atomic E-state index is 0.326. The number of likely N-dealkylation sites (N-methyl/N-ethyl adjacent to an activating group) is 1. The van der Waals surface area contributed by atoms with E-state index in [4.69, 9.17) is 4.74 Å². The lowest BCUT2D eigenvalue weighted by atomic mass is 10.2. The van der Waals surface area contributed by atoms with Crippen molar-refractivity contribution in [3.05, 3.63) is 35.9 Å². The van der Waals surface area contributed by atoms with Crippen LogP contribution in [0.4, 0.5) is 4.79 Å². The third-order valence-electron chi connectivity index (χ3n) is 2.78. The molecule has 3 amide bonds. The highest BCUT2D eigenvalue weighted by atomic mass is 16.5. The molecule has 5 nitrogen and oxygen atoms in total. The van der Waals surface area contributed by atoms with Crippen LogP contribution in [0.15, 0.2) is 30.3 Å². The number of carbonyl (C=O) groups is 2. The van der Waals surface area contributed by atoms with E-state index in [1.54, 1.807) is 0 Å². The van der Waals surface area contributed by atoms with Gasteiger partial charge in [-0.25, -0.2) is 4.79 Å². The zero-order chi connectivity index (χ0) is 12.4. The monoisotopic (exact) mass is 234 g/mol. The van der Waals surface area contributed by atoms with Gasteiger partial charge in [0.25, 0.3) is 5.91 Å². The molecule has 1 unspecified atom stereocenters. The largest absolute Gasteiger partial charge is 0.353 e. The molecule has 0 bridgehead atoms. The van der Waals surface area contributed by atoms with Crippen molar-refractivity contribution in [1.82, 2.24) is 9.80 Å². The van der Waals surface area contributed by atoms with Crippen LogP contribution in [-0.4, -0.2) is 42.1 Å². The number of ether oxygens (including phenoxy) is 1. The predicted molar refractivity (Wildman–Crippen MR) is 60.9 cm³/mol. The number of hydrogen-bond acceptors (Lipinski definition) is 3. The zero-order valence-corrected chi connectivity index (χ0v) is 9.79. The molecule has 0 aliphatic carbocycles. The van der Waals surface area contributed by atoms with Gasteiger partial charge in [0.1, 0.15) is 0 Å². The van der Waals surface area contributed by atoms with Crippen molar-refractivity contribution in [2.75, 3.05) is 14.2 Å². The molecular weight excluding hydrogens is 220 g/mol. The average molecular weight is 234 g/mol. The van der Waals surface area contributed by atoms with E-state index in [1.807, 2.05) is 30.3 Å². The van der Waals surface area contributed by atoms with Gasteiger partial charge in [-0.3, -0.25) is 14.6 Å². The Morgan fingerprint density at radius 1 is 1.24 bits per heavy atom. The Hall–Kier alpha value is -1.88. The lowest BCUT2D eigenvalue weighted by Crippen LogP contribution is -2.35. The summed E-state index contributed by atoms with van der Waals surface area (Å²) in [5.74, 6) is -0.326. The Labute approximate surface area is 99.6 Å². The van der Waals surface area contributed by atoms with Gasteiger partial charge in [-0.15, -0.1) is 0 Å². The minimum Gasteiger partial charge on any atom is -0.353 e. The highest BCUT2D eigenvalue weighted by molar-refractivity contribution is 6.03. The van der Waals surface area contributed by atoms with E-state index in [0.717, 1.165) is 10.5 Å². The second-order valence-electron chi connectivity index (χ2n) is 3.88. The summed E-state index contributed by atoms with van der Waals surface area (Å²) in [6, 6.07) is 9.17. The molecule has 0 aromatic heterocycles. The molecule has 1 atom stereocenters. The Kier molecular flexibility index (Phi) is 3.10. The van der Waals surface area contributed by atoms with Gasteiger partial charge in [0.05, 0.1) is 6.54 Å². The van der Waals surface area contributed by atoms with Crippen LogP contribution in [0.5, 0.6) is 0 Å². The van der Waals surface area contributed by atoms with Crippen LogP contribution in [0.1, 0.15) is 5.56 Å². The van der Waals surface area contributed by atoms with Crippen LogP contribution in [0, 0.1) is 0 Å². The smallest absolute Gasteiger partial charge is 0.329 e. The van der Waals surface area contributed by atoms with Crippen molar-refractivity contribution >= 4 is 11.9 Å². The number of imide groups is 1. The lowest BCUT2D eigenvalue weighted by molar-refractivity contribution is -0.138. The van der Waals surface area contributed by atoms with Crippen molar-refractivity contribution in [3.63, 3.8) is 0 Å². The van der Waals surface area contributed by atoms with Crippen molar-refractivity contribution < 1.29 is 14.3 Å². The summed E-state index contributed by atoms with van der Waals surface area (Å²) >= 11 is 0. The van der Waals surface area contributed by atoms with E-state index in [9.17, 15) is 9.59 Å². The molecule has 1 fully saturated rings. The van der Waals surface area contributed by atoms with E-state index in [1.165, 1.54) is 19.1 Å². The summed E-state index contributed by atoms with van der Waals surface area (Å²) in [4.78, 5) is 26.0. The fourth-order valence-electron chi connectivity index (χ4n) is 1.84. The van der Waals surface area contributed by atoms with Gasteiger partial charge in [-0.1, -0.05) is 30.3 Å². The maximum Gasteiger partial charge on any atom is 0.329 e. The SMILES string of the molecule is COC1C(=O)N(C)C(=O)N1Cc1ccccc1. The highest BCUT2D eigenvalue weighted by Crippen LogP contribution is 2.19. The Morgan fingerprint density at radius 3 is 2.47 bits per heavy atom. The Balaban J connectivity index is 2.20. The number of carbonyl (C=O) groups excluding carboxylic acids is 2. The number of hydrogen-bond donors (Lipinski definition) is 0. The highest BCUT2D eigenvalue weighted by Gasteiger charge is 2.43. The number of nitrogens with zero attached hydrogens (tertiary/aromatic N) is 2. The third-order valence-corrected chi connectivity index (χ3v) is 2.78. The quantitative estimate of drug-likeness (QED) is 0.735. The molecule has 0 N–H and O–H groups in total. The summed E-state index contributed by atoms with van der Waals surface area (Å²) < 4.78 is 5.06. The summed E-state index contributed by atoms with van der Waals surface area (Å²) in [7, 11) is 2.88. The molecule has 1 aliphatic heterocycles. The first-order chi connectivity index (χ1) is 8.15. The fraction of sp³-hybridized carbons (Fsp3) is 0.333. The van der Waals surface area contributed by atoms with Crippen LogP contribution in [-0.2, 0) is 16.1 Å². The minimum atomic E-state index is -0.812. The summed E-state index contributed by atoms with van der Waals surface area (Å²) in [5.41, 5.74) is 0.964. The normalized spacial score (nSPS) is 20.2. The molecule has 17 heavy (non-hydrogen) atoms. The molecule has 5 heteroatoms. The van der Waals surface area contributed by atoms with Crippen LogP contribution in [0.25, 0.3) is 0 Å². The van der Waals surface area contributed by atoms with Gasteiger partial charge >= 0.3 is 6.03 Å². The van der Waals surface area contributed by atoms with Crippen LogP contribution in [0.2, 0.25) is 0 Å². The second-order valence-corrected chi connectivity index (χ2v) is 3.88. The molecule has 0 spiro atoms. The van der Waals surface area contributed by atoms with E-state index in [0.29, 0.717) is 6.54 Å². The van der Waals surface area contributed by atoms with Crippen molar-refractivity contribution in [2.45, 2.75) is 12.8 Å². The van der Waals surface area contributed by atoms with Gasteiger partial charge in [0.15, 0.2) is 0 Å². The molecule has 1 aromatic carbocycles. The van der Waals surface area contributed by atoms with Crippen molar-refractivity contribution in [2.24, 2.45) is 0 Å². The van der Waals surface area contributed by atoms with Crippen LogP contribution >= 0.6 is 0 Å². The Bertz CT molecular complexity index is 433. The maximum absolute atomic E-state index is 11.8. The number of benzene rings is 1. The number of amides is 3. The molecule has 0 saturated carbocycles. The first kappa shape index (κ1) is 11.6. The molecule has 1 aromatic rings. The summed E-state index contributed by atoms with van der Waals surface area (Å²) in [5, 5.41) is 0. The molecule has 1 saturated heterocycles. The van der Waals surface area contributed by atoms with Gasteiger partial charge in [-0.05, 0) is 5.56 Å². The number of rotatable bonds is 3. The first-order valence-corrected chi connectivity index (χ1v) is 5.30. The van der Waals surface area contributed by atoms with Gasteiger partial charge < -0.3 is 4.74 Å². The first-order valence-electron chi connectivity index (χ1n) is 5.30. The third kappa shape index (κ3) is 2.01. The van der Waals surface area contributed by atoms with E-state index in [-0.39, 0.29) is 11.9 Å².